The molecule has 0 bridgehead atoms. The minimum atomic E-state index is -1.56. The van der Waals surface area contributed by atoms with Crippen LogP contribution in [0.5, 0.6) is 0 Å². The Morgan fingerprint density at radius 2 is 1.70 bits per heavy atom. The van der Waals surface area contributed by atoms with Crippen molar-refractivity contribution in [2.24, 2.45) is 11.8 Å². The highest BCUT2D eigenvalue weighted by Crippen LogP contribution is 2.41. The molecular formula is C20H38OSi2. The average molecular weight is 351 g/mol. The largest absolute Gasteiger partial charge is 0.547 e. The van der Waals surface area contributed by atoms with Crippen LogP contribution in [0, 0.1) is 11.8 Å². The lowest BCUT2D eigenvalue weighted by Crippen LogP contribution is -2.30. The predicted molar refractivity (Wildman–Crippen MR) is 110 cm³/mol. The summed E-state index contributed by atoms with van der Waals surface area (Å²) in [5.74, 6) is 2.41. The molecule has 0 saturated heterocycles. The van der Waals surface area contributed by atoms with Gasteiger partial charge in [0, 0.05) is 14.5 Å². The molecule has 0 saturated carbocycles. The van der Waals surface area contributed by atoms with Gasteiger partial charge >= 0.3 is 0 Å². The molecule has 0 heterocycles. The molecule has 1 aliphatic rings. The highest BCUT2D eigenvalue weighted by atomic mass is 28.4. The van der Waals surface area contributed by atoms with Crippen molar-refractivity contribution >= 4 is 16.4 Å². The first-order valence-corrected chi connectivity index (χ1v) is 16.1. The molecule has 0 radical (unpaired) electrons. The van der Waals surface area contributed by atoms with Crippen LogP contribution in [0.15, 0.2) is 35.6 Å². The molecule has 0 spiro atoms. The molecule has 0 fully saturated rings. The van der Waals surface area contributed by atoms with E-state index in [1.807, 2.05) is 0 Å². The number of rotatable bonds is 7. The summed E-state index contributed by atoms with van der Waals surface area (Å²) in [6.07, 6.45) is 3.38. The lowest BCUT2D eigenvalue weighted by molar-refractivity contribution is 0.304. The van der Waals surface area contributed by atoms with E-state index in [0.717, 1.165) is 12.8 Å². The van der Waals surface area contributed by atoms with Crippen LogP contribution >= 0.6 is 0 Å². The zero-order chi connectivity index (χ0) is 18.0. The maximum Gasteiger partial charge on any atom is 0.241 e. The smallest absolute Gasteiger partial charge is 0.241 e. The second kappa shape index (κ2) is 7.56. The Morgan fingerprint density at radius 3 is 2.13 bits per heavy atom. The fraction of sp³-hybridized carbons (Fsp3) is 0.700. The van der Waals surface area contributed by atoms with Crippen molar-refractivity contribution in [3.05, 3.63) is 35.6 Å². The minimum absolute atomic E-state index is 0.565. The summed E-state index contributed by atoms with van der Waals surface area (Å²) >= 11 is 0. The van der Waals surface area contributed by atoms with Crippen molar-refractivity contribution in [3.63, 3.8) is 0 Å². The molecular weight excluding hydrogens is 312 g/mol. The zero-order valence-electron chi connectivity index (χ0n) is 16.8. The molecule has 0 aromatic heterocycles. The first-order valence-electron chi connectivity index (χ1n) is 8.99. The lowest BCUT2D eigenvalue weighted by atomic mass is 9.75. The van der Waals surface area contributed by atoms with Crippen LogP contribution in [0.2, 0.25) is 45.3 Å². The third kappa shape index (κ3) is 7.25. The Balaban J connectivity index is 2.96. The van der Waals surface area contributed by atoms with Gasteiger partial charge in [-0.1, -0.05) is 37.4 Å². The van der Waals surface area contributed by atoms with Crippen LogP contribution in [-0.4, -0.2) is 16.4 Å². The lowest BCUT2D eigenvalue weighted by Gasteiger charge is -2.36. The van der Waals surface area contributed by atoms with E-state index >= 15 is 0 Å². The van der Waals surface area contributed by atoms with Crippen molar-refractivity contribution in [3.8, 4) is 0 Å². The van der Waals surface area contributed by atoms with E-state index in [0.29, 0.717) is 11.8 Å². The molecule has 0 amide bonds. The van der Waals surface area contributed by atoms with E-state index < -0.39 is 16.4 Å². The molecule has 0 aromatic carbocycles. The number of hydrogen-bond acceptors (Lipinski definition) is 1. The first-order chi connectivity index (χ1) is 10.3. The third-order valence-corrected chi connectivity index (χ3v) is 6.91. The van der Waals surface area contributed by atoms with Gasteiger partial charge in [0.05, 0.1) is 5.76 Å². The fourth-order valence-corrected chi connectivity index (χ4v) is 6.12. The molecule has 3 heteroatoms. The Bertz CT molecular complexity index is 489. The van der Waals surface area contributed by atoms with Gasteiger partial charge in [-0.05, 0) is 69.8 Å². The topological polar surface area (TPSA) is 9.23 Å². The summed E-state index contributed by atoms with van der Waals surface area (Å²) in [7, 11) is -2.64. The van der Waals surface area contributed by atoms with E-state index in [1.165, 1.54) is 34.9 Å². The van der Waals surface area contributed by atoms with Crippen molar-refractivity contribution in [1.82, 2.24) is 0 Å². The summed E-state index contributed by atoms with van der Waals surface area (Å²) < 4.78 is 6.44. The maximum atomic E-state index is 6.44. The molecule has 2 atom stereocenters. The van der Waals surface area contributed by atoms with Crippen LogP contribution < -0.4 is 0 Å². The zero-order valence-corrected chi connectivity index (χ0v) is 18.8. The molecule has 23 heavy (non-hydrogen) atoms. The van der Waals surface area contributed by atoms with Crippen molar-refractivity contribution in [2.45, 2.75) is 78.4 Å². The fourth-order valence-electron chi connectivity index (χ4n) is 3.49. The second-order valence-electron chi connectivity index (χ2n) is 9.69. The molecule has 0 aromatic rings. The van der Waals surface area contributed by atoms with E-state index in [4.69, 9.17) is 4.43 Å². The molecule has 1 rings (SSSR count). The molecule has 132 valence electrons. The highest BCUT2D eigenvalue weighted by Gasteiger charge is 2.31. The van der Waals surface area contributed by atoms with Gasteiger partial charge in [-0.15, -0.1) is 6.58 Å². The Morgan fingerprint density at radius 1 is 1.13 bits per heavy atom. The van der Waals surface area contributed by atoms with Gasteiger partial charge < -0.3 is 4.43 Å². The number of hydrogen-bond donors (Lipinski definition) is 0. The Labute approximate surface area is 147 Å². The van der Waals surface area contributed by atoms with Crippen LogP contribution in [-0.2, 0) is 4.43 Å². The van der Waals surface area contributed by atoms with Crippen LogP contribution in [0.1, 0.15) is 33.1 Å². The summed E-state index contributed by atoms with van der Waals surface area (Å²) in [6, 6.07) is 1.23. The predicted octanol–water partition coefficient (Wildman–Crippen LogP) is 7.00. The quantitative estimate of drug-likeness (QED) is 0.355. The van der Waals surface area contributed by atoms with E-state index in [2.05, 4.69) is 66.3 Å². The van der Waals surface area contributed by atoms with E-state index in [-0.39, 0.29) is 0 Å². The molecule has 1 nitrogen and oxygen atoms in total. The standard InChI is InChI=1S/C20H38OSi2/c1-15(2)18-12-19(11-16(3)14-22(5,6)7)17(4)20(13-18)21-23(8,9)10/h18-19H,1,3,11-14H2,2,4-10H3/t18-,19-/m1/s1. The van der Waals surface area contributed by atoms with Gasteiger partial charge in [0.2, 0.25) is 8.32 Å². The monoisotopic (exact) mass is 350 g/mol. The Kier molecular flexibility index (Phi) is 6.74. The normalized spacial score (nSPS) is 23.0. The van der Waals surface area contributed by atoms with Gasteiger partial charge in [-0.25, -0.2) is 0 Å². The van der Waals surface area contributed by atoms with Gasteiger partial charge in [-0.2, -0.15) is 0 Å². The van der Waals surface area contributed by atoms with Crippen molar-refractivity contribution in [1.29, 1.82) is 0 Å². The third-order valence-electron chi connectivity index (χ3n) is 4.49. The van der Waals surface area contributed by atoms with Gasteiger partial charge in [0.1, 0.15) is 0 Å². The Hall–Kier alpha value is -0.546. The van der Waals surface area contributed by atoms with Gasteiger partial charge in [0.15, 0.2) is 0 Å². The van der Waals surface area contributed by atoms with E-state index in [1.54, 1.807) is 0 Å². The van der Waals surface area contributed by atoms with E-state index in [9.17, 15) is 0 Å². The second-order valence-corrected chi connectivity index (χ2v) is 19.6. The summed E-state index contributed by atoms with van der Waals surface area (Å²) in [6.45, 7) is 27.2. The summed E-state index contributed by atoms with van der Waals surface area (Å²) in [5, 5.41) is 0. The molecule has 0 N–H and O–H groups in total. The van der Waals surface area contributed by atoms with Gasteiger partial charge in [0.25, 0.3) is 0 Å². The van der Waals surface area contributed by atoms with Crippen molar-refractivity contribution < 1.29 is 4.43 Å². The number of allylic oxidation sites excluding steroid dienone is 4. The highest BCUT2D eigenvalue weighted by molar-refractivity contribution is 6.76. The summed E-state index contributed by atoms with van der Waals surface area (Å²) in [5.41, 5.74) is 4.21. The average Bonchev–Trinajstić information content (AvgIpc) is 2.29. The SMILES string of the molecule is C=C(C[C@@H]1C[C@@H](C(=C)C)CC(O[Si](C)(C)C)=C1C)C[Si](C)(C)C. The minimum Gasteiger partial charge on any atom is -0.547 e. The van der Waals surface area contributed by atoms with Crippen molar-refractivity contribution in [2.75, 3.05) is 0 Å². The first kappa shape index (κ1) is 20.5. The van der Waals surface area contributed by atoms with Crippen LogP contribution in [0.25, 0.3) is 0 Å². The van der Waals surface area contributed by atoms with Crippen LogP contribution in [0.3, 0.4) is 0 Å². The van der Waals surface area contributed by atoms with Crippen LogP contribution in [0.4, 0.5) is 0 Å². The molecule has 0 unspecified atom stereocenters. The maximum absolute atomic E-state index is 6.44. The molecule has 0 aliphatic heterocycles. The summed E-state index contributed by atoms with van der Waals surface area (Å²) in [4.78, 5) is 0. The molecule has 1 aliphatic carbocycles. The van der Waals surface area contributed by atoms with Gasteiger partial charge in [-0.3, -0.25) is 0 Å².